The van der Waals surface area contributed by atoms with Gasteiger partial charge >= 0.3 is 0 Å². The van der Waals surface area contributed by atoms with Gasteiger partial charge < -0.3 is 5.73 Å². The Kier molecular flexibility index (Phi) is 2.64. The third-order valence-electron chi connectivity index (χ3n) is 1.99. The van der Waals surface area contributed by atoms with E-state index < -0.39 is 11.9 Å². The maximum Gasteiger partial charge on any atom is 0.141 e. The highest BCUT2D eigenvalue weighted by atomic mass is 19.1. The lowest BCUT2D eigenvalue weighted by atomic mass is 10.1. The van der Waals surface area contributed by atoms with Gasteiger partial charge in [-0.25, -0.2) is 4.39 Å². The molecular formula is C10H9FN4. The molecular weight excluding hydrogens is 195 g/mol. The first-order valence-electron chi connectivity index (χ1n) is 4.39. The summed E-state index contributed by atoms with van der Waals surface area (Å²) in [5.41, 5.74) is 7.04. The van der Waals surface area contributed by atoms with E-state index in [0.29, 0.717) is 11.3 Å². The van der Waals surface area contributed by atoms with Crippen LogP contribution in [-0.4, -0.2) is 15.0 Å². The predicted octanol–water partition coefficient (Wildman–Crippen LogP) is 1.06. The highest BCUT2D eigenvalue weighted by Crippen LogP contribution is 2.15. The van der Waals surface area contributed by atoms with Gasteiger partial charge in [-0.1, -0.05) is 0 Å². The maximum atomic E-state index is 12.9. The van der Waals surface area contributed by atoms with Crippen LogP contribution in [0.3, 0.4) is 0 Å². The molecule has 4 nitrogen and oxygen atoms in total. The second kappa shape index (κ2) is 4.10. The number of halogens is 1. The molecule has 2 aromatic heterocycles. The van der Waals surface area contributed by atoms with Crippen molar-refractivity contribution in [1.29, 1.82) is 0 Å². The minimum absolute atomic E-state index is 0.410. The van der Waals surface area contributed by atoms with E-state index in [1.807, 2.05) is 0 Å². The van der Waals surface area contributed by atoms with Crippen molar-refractivity contribution in [3.63, 3.8) is 0 Å². The van der Waals surface area contributed by atoms with E-state index in [9.17, 15) is 4.39 Å². The first-order valence-corrected chi connectivity index (χ1v) is 4.39. The van der Waals surface area contributed by atoms with Crippen molar-refractivity contribution in [2.75, 3.05) is 0 Å². The van der Waals surface area contributed by atoms with Gasteiger partial charge in [0.05, 0.1) is 24.1 Å². The fraction of sp³-hybridized carbons (Fsp3) is 0.100. The number of rotatable bonds is 2. The molecule has 0 bridgehead atoms. The quantitative estimate of drug-likeness (QED) is 0.794. The Labute approximate surface area is 86.0 Å². The van der Waals surface area contributed by atoms with E-state index in [0.717, 1.165) is 6.20 Å². The Hall–Kier alpha value is -1.88. The fourth-order valence-electron chi connectivity index (χ4n) is 1.24. The van der Waals surface area contributed by atoms with Gasteiger partial charge in [0.1, 0.15) is 5.82 Å². The number of aromatic nitrogens is 3. The molecule has 0 aromatic carbocycles. The van der Waals surface area contributed by atoms with Crippen LogP contribution in [0.4, 0.5) is 4.39 Å². The largest absolute Gasteiger partial charge is 0.319 e. The summed E-state index contributed by atoms with van der Waals surface area (Å²) in [6.45, 7) is 0. The highest BCUT2D eigenvalue weighted by molar-refractivity contribution is 5.23. The predicted molar refractivity (Wildman–Crippen MR) is 52.3 cm³/mol. The van der Waals surface area contributed by atoms with Crippen LogP contribution >= 0.6 is 0 Å². The molecule has 0 saturated carbocycles. The van der Waals surface area contributed by atoms with Gasteiger partial charge in [-0.15, -0.1) is 0 Å². The van der Waals surface area contributed by atoms with Gasteiger partial charge in [0, 0.05) is 18.6 Å². The molecule has 0 saturated heterocycles. The lowest BCUT2D eigenvalue weighted by molar-refractivity contribution is 0.615. The number of nitrogens with two attached hydrogens (primary N) is 1. The molecule has 0 fully saturated rings. The first-order chi connectivity index (χ1) is 7.27. The van der Waals surface area contributed by atoms with Crippen LogP contribution in [0.5, 0.6) is 0 Å². The summed E-state index contributed by atoms with van der Waals surface area (Å²) in [6, 6.07) is 0.841. The Morgan fingerprint density at radius 3 is 2.67 bits per heavy atom. The molecule has 2 N–H and O–H groups in total. The zero-order chi connectivity index (χ0) is 10.7. The molecule has 0 amide bonds. The van der Waals surface area contributed by atoms with Gasteiger partial charge in [0.2, 0.25) is 0 Å². The third kappa shape index (κ3) is 2.13. The lowest BCUT2D eigenvalue weighted by Crippen LogP contribution is -2.14. The standard InChI is InChI=1S/C10H9FN4/c11-8-3-7(4-14-5-8)10(12)9-6-13-1-2-15-9/h1-6,10H,12H2. The van der Waals surface area contributed by atoms with E-state index in [1.54, 1.807) is 18.6 Å². The van der Waals surface area contributed by atoms with Crippen LogP contribution < -0.4 is 5.73 Å². The van der Waals surface area contributed by atoms with E-state index >= 15 is 0 Å². The molecule has 76 valence electrons. The monoisotopic (exact) mass is 204 g/mol. The zero-order valence-corrected chi connectivity index (χ0v) is 7.84. The minimum Gasteiger partial charge on any atom is -0.319 e. The number of nitrogens with zero attached hydrogens (tertiary/aromatic N) is 3. The van der Waals surface area contributed by atoms with Crippen LogP contribution in [0.2, 0.25) is 0 Å². The Morgan fingerprint density at radius 1 is 1.13 bits per heavy atom. The molecule has 2 aromatic rings. The summed E-state index contributed by atoms with van der Waals surface area (Å²) in [5, 5.41) is 0. The maximum absolute atomic E-state index is 12.9. The summed E-state index contributed by atoms with van der Waals surface area (Å²) >= 11 is 0. The average Bonchev–Trinajstić information content (AvgIpc) is 2.29. The SMILES string of the molecule is NC(c1cncc(F)c1)c1cnccn1. The number of hydrogen-bond donors (Lipinski definition) is 1. The number of pyridine rings is 1. The molecule has 0 aliphatic heterocycles. The second-order valence-corrected chi connectivity index (χ2v) is 3.04. The molecule has 1 atom stereocenters. The van der Waals surface area contributed by atoms with Crippen molar-refractivity contribution >= 4 is 0 Å². The van der Waals surface area contributed by atoms with E-state index in [1.165, 1.54) is 12.3 Å². The Bertz CT molecular complexity index is 446. The van der Waals surface area contributed by atoms with Crippen molar-refractivity contribution in [2.24, 2.45) is 5.73 Å². The van der Waals surface area contributed by atoms with Crippen molar-refractivity contribution in [3.05, 3.63) is 54.1 Å². The summed E-state index contributed by atoms with van der Waals surface area (Å²) in [4.78, 5) is 11.7. The molecule has 0 aliphatic rings. The van der Waals surface area contributed by atoms with Crippen molar-refractivity contribution < 1.29 is 4.39 Å². The zero-order valence-electron chi connectivity index (χ0n) is 7.84. The van der Waals surface area contributed by atoms with Gasteiger partial charge in [0.25, 0.3) is 0 Å². The van der Waals surface area contributed by atoms with Crippen LogP contribution in [0.1, 0.15) is 17.3 Å². The molecule has 1 unspecified atom stereocenters. The lowest BCUT2D eigenvalue weighted by Gasteiger charge is -2.09. The summed E-state index contributed by atoms with van der Waals surface area (Å²) < 4.78 is 12.9. The van der Waals surface area contributed by atoms with E-state index in [-0.39, 0.29) is 0 Å². The average molecular weight is 204 g/mol. The normalized spacial score (nSPS) is 12.4. The number of hydrogen-bond acceptors (Lipinski definition) is 4. The Balaban J connectivity index is 2.32. The molecule has 0 spiro atoms. The molecule has 5 heteroatoms. The van der Waals surface area contributed by atoms with Crippen molar-refractivity contribution in [3.8, 4) is 0 Å². The highest BCUT2D eigenvalue weighted by Gasteiger charge is 2.11. The van der Waals surface area contributed by atoms with Crippen LogP contribution in [-0.2, 0) is 0 Å². The van der Waals surface area contributed by atoms with Gasteiger partial charge in [-0.3, -0.25) is 15.0 Å². The van der Waals surface area contributed by atoms with Crippen LogP contribution in [0.25, 0.3) is 0 Å². The van der Waals surface area contributed by atoms with E-state index in [4.69, 9.17) is 5.73 Å². The third-order valence-corrected chi connectivity index (χ3v) is 1.99. The van der Waals surface area contributed by atoms with Crippen LogP contribution in [0.15, 0.2) is 37.1 Å². The molecule has 0 aliphatic carbocycles. The smallest absolute Gasteiger partial charge is 0.141 e. The van der Waals surface area contributed by atoms with Crippen molar-refractivity contribution in [1.82, 2.24) is 15.0 Å². The molecule has 15 heavy (non-hydrogen) atoms. The van der Waals surface area contributed by atoms with Gasteiger partial charge in [-0.2, -0.15) is 0 Å². The summed E-state index contributed by atoms with van der Waals surface area (Å²) in [6.07, 6.45) is 7.30. The molecule has 2 rings (SSSR count). The van der Waals surface area contributed by atoms with E-state index in [2.05, 4.69) is 15.0 Å². The topological polar surface area (TPSA) is 64.7 Å². The minimum atomic E-state index is -0.498. The first kappa shape index (κ1) is 9.67. The summed E-state index contributed by atoms with van der Waals surface area (Å²) in [7, 11) is 0. The van der Waals surface area contributed by atoms with Gasteiger partial charge in [0.15, 0.2) is 0 Å². The second-order valence-electron chi connectivity index (χ2n) is 3.04. The fourth-order valence-corrected chi connectivity index (χ4v) is 1.24. The molecule has 2 heterocycles. The van der Waals surface area contributed by atoms with Gasteiger partial charge in [-0.05, 0) is 11.6 Å². The van der Waals surface area contributed by atoms with Crippen LogP contribution in [0, 0.1) is 5.82 Å². The van der Waals surface area contributed by atoms with Crippen molar-refractivity contribution in [2.45, 2.75) is 6.04 Å². The molecule has 0 radical (unpaired) electrons. The summed E-state index contributed by atoms with van der Waals surface area (Å²) in [5.74, 6) is -0.410. The Morgan fingerprint density at radius 2 is 2.00 bits per heavy atom.